The van der Waals surface area contributed by atoms with Crippen molar-refractivity contribution in [2.45, 2.75) is 20.0 Å². The lowest BCUT2D eigenvalue weighted by molar-refractivity contribution is 0.708. The Labute approximate surface area is 85.8 Å². The van der Waals surface area contributed by atoms with E-state index in [4.69, 9.17) is 0 Å². The number of nitrogens with zero attached hydrogens (tertiary/aromatic N) is 4. The predicted octanol–water partition coefficient (Wildman–Crippen LogP) is 1.37. The third-order valence-electron chi connectivity index (χ3n) is 1.87. The van der Waals surface area contributed by atoms with E-state index in [0.717, 1.165) is 17.5 Å². The molecule has 0 saturated heterocycles. The average molecular weight is 209 g/mol. The summed E-state index contributed by atoms with van der Waals surface area (Å²) in [4.78, 5) is 4.12. The second-order valence-electron chi connectivity index (χ2n) is 2.72. The van der Waals surface area contributed by atoms with Crippen LogP contribution in [-0.4, -0.2) is 19.7 Å². The zero-order valence-corrected chi connectivity index (χ0v) is 8.66. The number of aromatic nitrogens is 4. The summed E-state index contributed by atoms with van der Waals surface area (Å²) >= 11 is 1.58. The molecule has 0 saturated carbocycles. The van der Waals surface area contributed by atoms with E-state index in [1.807, 2.05) is 9.95 Å². The van der Waals surface area contributed by atoms with Gasteiger partial charge in [-0.3, -0.25) is 0 Å². The molecule has 0 atom stereocenters. The molecule has 5 nitrogen and oxygen atoms in total. The van der Waals surface area contributed by atoms with Gasteiger partial charge in [-0.15, -0.1) is 21.5 Å². The number of aryl methyl sites for hydroxylation is 1. The highest BCUT2D eigenvalue weighted by Gasteiger charge is 2.02. The van der Waals surface area contributed by atoms with Crippen molar-refractivity contribution in [2.24, 2.45) is 0 Å². The van der Waals surface area contributed by atoms with Crippen LogP contribution in [0.5, 0.6) is 0 Å². The van der Waals surface area contributed by atoms with Crippen molar-refractivity contribution in [3.8, 4) is 0 Å². The van der Waals surface area contributed by atoms with Gasteiger partial charge in [-0.05, 0) is 6.92 Å². The molecule has 0 unspecified atom stereocenters. The van der Waals surface area contributed by atoms with E-state index in [0.29, 0.717) is 6.54 Å². The van der Waals surface area contributed by atoms with Gasteiger partial charge in [0.25, 0.3) is 0 Å². The number of anilines is 1. The van der Waals surface area contributed by atoms with E-state index in [-0.39, 0.29) is 0 Å². The van der Waals surface area contributed by atoms with Crippen LogP contribution in [0.25, 0.3) is 0 Å². The lowest BCUT2D eigenvalue weighted by Gasteiger charge is -2.03. The Kier molecular flexibility index (Phi) is 2.73. The fraction of sp³-hybridized carbons (Fsp3) is 0.375. The lowest BCUT2D eigenvalue weighted by Crippen LogP contribution is -2.07. The minimum absolute atomic E-state index is 0.668. The number of nitrogens with one attached hydrogen (secondary N) is 1. The van der Waals surface area contributed by atoms with Gasteiger partial charge in [0.2, 0.25) is 0 Å². The first-order valence-electron chi connectivity index (χ1n) is 4.40. The summed E-state index contributed by atoms with van der Waals surface area (Å²) in [6.45, 7) is 3.62. The molecule has 2 heterocycles. The van der Waals surface area contributed by atoms with Crippen molar-refractivity contribution in [3.05, 3.63) is 23.7 Å². The van der Waals surface area contributed by atoms with E-state index in [1.165, 1.54) is 0 Å². The van der Waals surface area contributed by atoms with E-state index in [9.17, 15) is 0 Å². The Balaban J connectivity index is 1.98. The van der Waals surface area contributed by atoms with Gasteiger partial charge in [-0.25, -0.2) is 4.98 Å². The van der Waals surface area contributed by atoms with Gasteiger partial charge in [0.15, 0.2) is 11.0 Å². The van der Waals surface area contributed by atoms with E-state index in [2.05, 4.69) is 27.4 Å². The fourth-order valence-electron chi connectivity index (χ4n) is 1.15. The maximum absolute atomic E-state index is 4.12. The van der Waals surface area contributed by atoms with Crippen LogP contribution in [0.3, 0.4) is 0 Å². The second-order valence-corrected chi connectivity index (χ2v) is 3.62. The molecule has 0 aliphatic heterocycles. The van der Waals surface area contributed by atoms with Crippen LogP contribution in [0, 0.1) is 0 Å². The number of thiazole rings is 1. The molecule has 0 fully saturated rings. The highest BCUT2D eigenvalue weighted by Crippen LogP contribution is 2.11. The smallest absolute Gasteiger partial charge is 0.182 e. The highest BCUT2D eigenvalue weighted by atomic mass is 32.1. The Morgan fingerprint density at radius 1 is 1.57 bits per heavy atom. The molecule has 2 rings (SSSR count). The SMILES string of the molecule is CCn1cnnc1CNc1nccs1. The van der Waals surface area contributed by atoms with Crippen molar-refractivity contribution in [3.63, 3.8) is 0 Å². The first-order chi connectivity index (χ1) is 6.90. The van der Waals surface area contributed by atoms with Crippen LogP contribution in [0.2, 0.25) is 0 Å². The largest absolute Gasteiger partial charge is 0.354 e. The van der Waals surface area contributed by atoms with Crippen LogP contribution in [-0.2, 0) is 13.1 Å². The summed E-state index contributed by atoms with van der Waals surface area (Å²) in [5, 5.41) is 13.9. The van der Waals surface area contributed by atoms with Gasteiger partial charge in [0, 0.05) is 18.1 Å². The Bertz CT molecular complexity index is 380. The molecule has 0 radical (unpaired) electrons. The molecule has 0 amide bonds. The number of rotatable bonds is 4. The standard InChI is InChI=1S/C8H11N5S/c1-2-13-6-11-12-7(13)5-10-8-9-3-4-14-8/h3-4,6H,2,5H2,1H3,(H,9,10). The second kappa shape index (κ2) is 4.19. The van der Waals surface area contributed by atoms with Crippen molar-refractivity contribution < 1.29 is 0 Å². The van der Waals surface area contributed by atoms with Crippen LogP contribution in [0.4, 0.5) is 5.13 Å². The van der Waals surface area contributed by atoms with Crippen molar-refractivity contribution in [1.29, 1.82) is 0 Å². The van der Waals surface area contributed by atoms with Crippen molar-refractivity contribution in [2.75, 3.05) is 5.32 Å². The molecule has 0 aromatic carbocycles. The summed E-state index contributed by atoms with van der Waals surface area (Å²) in [7, 11) is 0. The first-order valence-corrected chi connectivity index (χ1v) is 5.28. The zero-order valence-electron chi connectivity index (χ0n) is 7.84. The molecule has 2 aromatic heterocycles. The Morgan fingerprint density at radius 2 is 2.50 bits per heavy atom. The monoisotopic (exact) mass is 209 g/mol. The fourth-order valence-corrected chi connectivity index (χ4v) is 1.67. The summed E-state index contributed by atoms with van der Waals surface area (Å²) in [5.41, 5.74) is 0. The minimum atomic E-state index is 0.668. The Hall–Kier alpha value is -1.43. The maximum atomic E-state index is 4.12. The van der Waals surface area contributed by atoms with E-state index in [1.54, 1.807) is 23.9 Å². The van der Waals surface area contributed by atoms with Crippen LogP contribution < -0.4 is 5.32 Å². The zero-order chi connectivity index (χ0) is 9.80. The lowest BCUT2D eigenvalue weighted by atomic mass is 10.5. The third-order valence-corrected chi connectivity index (χ3v) is 2.60. The van der Waals surface area contributed by atoms with Gasteiger partial charge >= 0.3 is 0 Å². The first kappa shape index (κ1) is 9.14. The molecule has 0 aliphatic carbocycles. The van der Waals surface area contributed by atoms with Gasteiger partial charge in [0.1, 0.15) is 6.33 Å². The van der Waals surface area contributed by atoms with Gasteiger partial charge in [-0.2, -0.15) is 0 Å². The molecule has 74 valence electrons. The van der Waals surface area contributed by atoms with Crippen LogP contribution in [0.1, 0.15) is 12.7 Å². The topological polar surface area (TPSA) is 55.6 Å². The van der Waals surface area contributed by atoms with E-state index < -0.39 is 0 Å². The molecule has 0 bridgehead atoms. The Morgan fingerprint density at radius 3 is 3.21 bits per heavy atom. The normalized spacial score (nSPS) is 10.4. The number of hydrogen-bond donors (Lipinski definition) is 1. The molecule has 1 N–H and O–H groups in total. The van der Waals surface area contributed by atoms with Gasteiger partial charge in [-0.1, -0.05) is 0 Å². The third kappa shape index (κ3) is 1.90. The quantitative estimate of drug-likeness (QED) is 0.826. The van der Waals surface area contributed by atoms with E-state index >= 15 is 0 Å². The summed E-state index contributed by atoms with van der Waals surface area (Å²) in [6, 6.07) is 0. The van der Waals surface area contributed by atoms with Crippen molar-refractivity contribution >= 4 is 16.5 Å². The van der Waals surface area contributed by atoms with Crippen LogP contribution in [0.15, 0.2) is 17.9 Å². The molecule has 14 heavy (non-hydrogen) atoms. The van der Waals surface area contributed by atoms with Crippen molar-refractivity contribution in [1.82, 2.24) is 19.7 Å². The minimum Gasteiger partial charge on any atom is -0.354 e. The summed E-state index contributed by atoms with van der Waals surface area (Å²) in [6.07, 6.45) is 3.51. The maximum Gasteiger partial charge on any atom is 0.182 e. The molecule has 2 aromatic rings. The molecule has 6 heteroatoms. The molecular formula is C8H11N5S. The summed E-state index contributed by atoms with van der Waals surface area (Å²) < 4.78 is 2.00. The molecule has 0 aliphatic rings. The molecular weight excluding hydrogens is 198 g/mol. The predicted molar refractivity (Wildman–Crippen MR) is 55.1 cm³/mol. The average Bonchev–Trinajstić information content (AvgIpc) is 2.85. The van der Waals surface area contributed by atoms with Gasteiger partial charge < -0.3 is 9.88 Å². The number of hydrogen-bond acceptors (Lipinski definition) is 5. The van der Waals surface area contributed by atoms with Gasteiger partial charge in [0.05, 0.1) is 6.54 Å². The van der Waals surface area contributed by atoms with Crippen LogP contribution >= 0.6 is 11.3 Å². The molecule has 0 spiro atoms. The summed E-state index contributed by atoms with van der Waals surface area (Å²) in [5.74, 6) is 0.933. The highest BCUT2D eigenvalue weighted by molar-refractivity contribution is 7.13.